The van der Waals surface area contributed by atoms with E-state index >= 15 is 0 Å². The zero-order valence-electron chi connectivity index (χ0n) is 17.4. The molecule has 0 bridgehead atoms. The van der Waals surface area contributed by atoms with E-state index in [9.17, 15) is 28.2 Å². The zero-order chi connectivity index (χ0) is 23.8. The summed E-state index contributed by atoms with van der Waals surface area (Å²) in [6.45, 7) is 1.27. The van der Waals surface area contributed by atoms with Crippen molar-refractivity contribution in [2.75, 3.05) is 0 Å². The van der Waals surface area contributed by atoms with E-state index in [1.54, 1.807) is 18.2 Å². The highest BCUT2D eigenvalue weighted by molar-refractivity contribution is 5.99. The molecule has 0 saturated heterocycles. The van der Waals surface area contributed by atoms with Crippen molar-refractivity contribution in [3.8, 4) is 11.1 Å². The van der Waals surface area contributed by atoms with Crippen molar-refractivity contribution in [1.82, 2.24) is 20.0 Å². The summed E-state index contributed by atoms with van der Waals surface area (Å²) in [7, 11) is 0. The molecule has 0 radical (unpaired) electrons. The molecule has 4 aromatic rings. The van der Waals surface area contributed by atoms with Crippen molar-refractivity contribution in [2.45, 2.75) is 31.7 Å². The molecule has 170 valence electrons. The number of aliphatic hydroxyl groups is 1. The Morgan fingerprint density at radius 1 is 1.09 bits per heavy atom. The molecule has 7 nitrogen and oxygen atoms in total. The molecule has 0 aliphatic heterocycles. The van der Waals surface area contributed by atoms with E-state index in [-0.39, 0.29) is 12.2 Å². The molecule has 2 N–H and O–H groups in total. The minimum Gasteiger partial charge on any atom is -0.477 e. The van der Waals surface area contributed by atoms with Gasteiger partial charge in [0.1, 0.15) is 11.4 Å². The second-order valence-corrected chi connectivity index (χ2v) is 7.59. The number of halogens is 3. The van der Waals surface area contributed by atoms with Gasteiger partial charge in [-0.05, 0) is 35.2 Å². The Morgan fingerprint density at radius 3 is 2.45 bits per heavy atom. The average Bonchev–Trinajstić information content (AvgIpc) is 3.26. The van der Waals surface area contributed by atoms with Gasteiger partial charge < -0.3 is 10.2 Å². The Hall–Kier alpha value is -3.79. The van der Waals surface area contributed by atoms with Gasteiger partial charge >= 0.3 is 12.1 Å². The first-order valence-electron chi connectivity index (χ1n) is 10.0. The topological polar surface area (TPSA) is 101 Å². The van der Waals surface area contributed by atoms with Crippen LogP contribution in [0.5, 0.6) is 0 Å². The smallest absolute Gasteiger partial charge is 0.423 e. The molecular weight excluding hydrogens is 437 g/mol. The van der Waals surface area contributed by atoms with Crippen molar-refractivity contribution in [2.24, 2.45) is 0 Å². The molecule has 10 heteroatoms. The van der Waals surface area contributed by atoms with Crippen molar-refractivity contribution in [3.63, 3.8) is 0 Å². The van der Waals surface area contributed by atoms with E-state index in [4.69, 9.17) is 0 Å². The Kier molecular flexibility index (Phi) is 5.62. The highest BCUT2D eigenvalue weighted by Gasteiger charge is 2.55. The van der Waals surface area contributed by atoms with E-state index in [1.165, 1.54) is 17.7 Å². The minimum absolute atomic E-state index is 0.0558. The lowest BCUT2D eigenvalue weighted by atomic mass is 9.96. The maximum atomic E-state index is 13.3. The first kappa shape index (κ1) is 22.4. The number of carboxylic acids is 1. The van der Waals surface area contributed by atoms with Crippen LogP contribution in [0.25, 0.3) is 22.0 Å². The number of pyridine rings is 1. The second-order valence-electron chi connectivity index (χ2n) is 7.59. The number of hydrogen-bond donors (Lipinski definition) is 2. The second kappa shape index (κ2) is 8.28. The van der Waals surface area contributed by atoms with Gasteiger partial charge in [0.05, 0.1) is 18.3 Å². The number of hydrogen-bond acceptors (Lipinski definition) is 5. The summed E-state index contributed by atoms with van der Waals surface area (Å²) in [5, 5.41) is 27.5. The van der Waals surface area contributed by atoms with Gasteiger partial charge in [0.2, 0.25) is 5.60 Å². The van der Waals surface area contributed by atoms with Crippen LogP contribution in [0.1, 0.15) is 35.1 Å². The van der Waals surface area contributed by atoms with E-state index in [2.05, 4.69) is 15.3 Å². The number of nitrogens with zero attached hydrogens (tertiary/aromatic N) is 4. The Balaban J connectivity index is 1.72. The van der Waals surface area contributed by atoms with E-state index in [1.807, 2.05) is 30.3 Å². The number of alkyl halides is 3. The summed E-state index contributed by atoms with van der Waals surface area (Å²) in [5.74, 6) is -1.17. The highest BCUT2D eigenvalue weighted by atomic mass is 19.4. The first-order valence-corrected chi connectivity index (χ1v) is 10.0. The van der Waals surface area contributed by atoms with Gasteiger partial charge in [-0.2, -0.15) is 13.2 Å². The lowest BCUT2D eigenvalue weighted by molar-refractivity contribution is -0.269. The van der Waals surface area contributed by atoms with Crippen molar-refractivity contribution in [3.05, 3.63) is 77.7 Å². The van der Waals surface area contributed by atoms with Crippen LogP contribution in [0.2, 0.25) is 0 Å². The number of rotatable bonds is 6. The van der Waals surface area contributed by atoms with Crippen molar-refractivity contribution in [1.29, 1.82) is 0 Å². The summed E-state index contributed by atoms with van der Waals surface area (Å²) >= 11 is 0. The molecule has 0 aliphatic carbocycles. The summed E-state index contributed by atoms with van der Waals surface area (Å²) < 4.78 is 41.1. The normalized spacial score (nSPS) is 13.7. The maximum absolute atomic E-state index is 13.3. The molecule has 0 aliphatic rings. The van der Waals surface area contributed by atoms with Crippen LogP contribution in [0.4, 0.5) is 13.2 Å². The highest BCUT2D eigenvalue weighted by Crippen LogP contribution is 2.40. The van der Waals surface area contributed by atoms with Gasteiger partial charge in [0, 0.05) is 5.39 Å². The van der Waals surface area contributed by atoms with Gasteiger partial charge in [-0.15, -0.1) is 5.10 Å². The molecule has 0 fully saturated rings. The Bertz CT molecular complexity index is 1320. The van der Waals surface area contributed by atoms with Gasteiger partial charge in [0.25, 0.3) is 0 Å². The maximum Gasteiger partial charge on any atom is 0.423 e. The van der Waals surface area contributed by atoms with Gasteiger partial charge in [0.15, 0.2) is 0 Å². The molecule has 33 heavy (non-hydrogen) atoms. The standard InChI is InChI=1S/C23H19F3N4O3/c1-2-22(33,23(24,25)26)20-13-30(29-28-20)12-14-8-9-16-17(15-6-4-3-5-7-15)11-19(21(31)32)27-18(16)10-14/h3-11,13,33H,2,12H2,1H3,(H,31,32). The number of aromatic nitrogens is 4. The van der Waals surface area contributed by atoms with E-state index < -0.39 is 29.9 Å². The van der Waals surface area contributed by atoms with E-state index in [0.717, 1.165) is 17.1 Å². The van der Waals surface area contributed by atoms with Gasteiger partial charge in [-0.3, -0.25) is 0 Å². The van der Waals surface area contributed by atoms with Crippen molar-refractivity contribution < 1.29 is 28.2 Å². The van der Waals surface area contributed by atoms with Crippen molar-refractivity contribution >= 4 is 16.9 Å². The number of fused-ring (bicyclic) bond motifs is 1. The summed E-state index contributed by atoms with van der Waals surface area (Å²) in [6, 6.07) is 16.0. The van der Waals surface area contributed by atoms with Crippen LogP contribution in [0, 0.1) is 0 Å². The van der Waals surface area contributed by atoms with Crippen LogP contribution < -0.4 is 0 Å². The molecule has 1 atom stereocenters. The van der Waals surface area contributed by atoms with Crippen LogP contribution in [0.3, 0.4) is 0 Å². The minimum atomic E-state index is -4.89. The molecule has 2 heterocycles. The number of aromatic carboxylic acids is 1. The van der Waals surface area contributed by atoms with Crippen LogP contribution in [0.15, 0.2) is 60.8 Å². The molecule has 0 spiro atoms. The third-order valence-electron chi connectivity index (χ3n) is 5.47. The molecule has 0 saturated carbocycles. The number of carbonyl (C=O) groups is 1. The molecule has 0 amide bonds. The number of benzene rings is 2. The van der Waals surface area contributed by atoms with Gasteiger partial charge in [-0.25, -0.2) is 14.5 Å². The Labute approximate surface area is 186 Å². The average molecular weight is 456 g/mol. The first-order chi connectivity index (χ1) is 15.6. The lowest BCUT2D eigenvalue weighted by Gasteiger charge is -2.26. The molecule has 4 rings (SSSR count). The largest absolute Gasteiger partial charge is 0.477 e. The third kappa shape index (κ3) is 4.17. The third-order valence-corrected chi connectivity index (χ3v) is 5.47. The predicted octanol–water partition coefficient (Wildman–Crippen LogP) is 4.40. The molecule has 1 unspecified atom stereocenters. The van der Waals surface area contributed by atoms with Crippen LogP contribution in [-0.4, -0.2) is 42.3 Å². The van der Waals surface area contributed by atoms with Crippen LogP contribution in [-0.2, 0) is 12.1 Å². The SMILES string of the molecule is CCC(O)(c1cn(Cc2ccc3c(-c4ccccc4)cc(C(=O)O)nc3c2)nn1)C(F)(F)F. The fourth-order valence-corrected chi connectivity index (χ4v) is 3.62. The fraction of sp³-hybridized carbons (Fsp3) is 0.217. The molecular formula is C23H19F3N4O3. The predicted molar refractivity (Wildman–Crippen MR) is 114 cm³/mol. The Morgan fingerprint density at radius 2 is 1.82 bits per heavy atom. The van der Waals surface area contributed by atoms with Gasteiger partial charge in [-0.1, -0.05) is 54.6 Å². The lowest BCUT2D eigenvalue weighted by Crippen LogP contribution is -2.42. The summed E-state index contributed by atoms with van der Waals surface area (Å²) in [5.41, 5.74) is -1.22. The molecule has 2 aromatic heterocycles. The molecule has 2 aromatic carbocycles. The van der Waals surface area contributed by atoms with Crippen LogP contribution >= 0.6 is 0 Å². The summed E-state index contributed by atoms with van der Waals surface area (Å²) in [6.07, 6.45) is -4.44. The zero-order valence-corrected chi connectivity index (χ0v) is 17.4. The number of carboxylic acid groups (broad SMARTS) is 1. The fourth-order valence-electron chi connectivity index (χ4n) is 3.62. The van der Waals surface area contributed by atoms with E-state index in [0.29, 0.717) is 16.6 Å². The monoisotopic (exact) mass is 456 g/mol. The quantitative estimate of drug-likeness (QED) is 0.446. The summed E-state index contributed by atoms with van der Waals surface area (Å²) in [4.78, 5) is 15.8.